The summed E-state index contributed by atoms with van der Waals surface area (Å²) in [5, 5.41) is 4.58. The summed E-state index contributed by atoms with van der Waals surface area (Å²) in [6.45, 7) is 20.3. The van der Waals surface area contributed by atoms with Gasteiger partial charge < -0.3 is 9.47 Å². The zero-order valence-corrected chi connectivity index (χ0v) is 20.3. The van der Waals surface area contributed by atoms with Crippen LogP contribution in [0.5, 0.6) is 0 Å². The molecule has 3 heterocycles. The predicted molar refractivity (Wildman–Crippen MR) is 117 cm³/mol. The summed E-state index contributed by atoms with van der Waals surface area (Å²) < 4.78 is 15.8. The molecule has 0 bridgehead atoms. The van der Waals surface area contributed by atoms with Crippen LogP contribution >= 0.6 is 22.7 Å². The van der Waals surface area contributed by atoms with Gasteiger partial charge in [0.05, 0.1) is 29.4 Å². The van der Waals surface area contributed by atoms with Gasteiger partial charge in [-0.05, 0) is 44.7 Å². The summed E-state index contributed by atoms with van der Waals surface area (Å²) >= 11 is 3.79. The van der Waals surface area contributed by atoms with Gasteiger partial charge in [0.15, 0.2) is 0 Å². The van der Waals surface area contributed by atoms with E-state index >= 15 is 0 Å². The second-order valence-corrected chi connectivity index (χ2v) is 21.5. The van der Waals surface area contributed by atoms with E-state index < -0.39 is 21.9 Å². The lowest BCUT2D eigenvalue weighted by atomic mass is 9.96. The van der Waals surface area contributed by atoms with Crippen molar-refractivity contribution in [2.75, 3.05) is 13.2 Å². The fourth-order valence-electron chi connectivity index (χ4n) is 3.83. The zero-order chi connectivity index (χ0) is 18.6. The molecule has 25 heavy (non-hydrogen) atoms. The van der Waals surface area contributed by atoms with Crippen molar-refractivity contribution >= 4 is 47.8 Å². The number of hydrogen-bond donors (Lipinski definition) is 0. The van der Waals surface area contributed by atoms with Gasteiger partial charge in [-0.15, -0.1) is 0 Å². The van der Waals surface area contributed by atoms with E-state index in [1.165, 1.54) is 22.3 Å². The largest absolute Gasteiger partial charge is 0.340 e. The van der Waals surface area contributed by atoms with E-state index in [1.54, 1.807) is 9.00 Å². The van der Waals surface area contributed by atoms with Gasteiger partial charge in [-0.1, -0.05) is 39.3 Å². The number of ether oxygens (including phenoxy) is 2. The lowest BCUT2D eigenvalue weighted by Gasteiger charge is -2.29. The smallest absolute Gasteiger partial charge is 0.224 e. The van der Waals surface area contributed by atoms with Crippen molar-refractivity contribution in [3.8, 4) is 0 Å². The summed E-state index contributed by atoms with van der Waals surface area (Å²) in [6.07, 6.45) is 0. The maximum atomic E-state index is 6.35. The number of thiophene rings is 2. The molecule has 0 aliphatic carbocycles. The molecule has 1 aliphatic rings. The average Bonchev–Trinajstić information content (AvgIpc) is 3.14. The zero-order valence-electron chi connectivity index (χ0n) is 16.7. The molecule has 0 spiro atoms. The fourth-order valence-corrected chi connectivity index (χ4v) is 11.2. The molecule has 0 N–H and O–H groups in total. The fraction of sp³-hybridized carbons (Fsp3) is 0.579. The molecule has 138 valence electrons. The van der Waals surface area contributed by atoms with E-state index in [9.17, 15) is 0 Å². The Morgan fingerprint density at radius 3 is 1.40 bits per heavy atom. The normalized spacial score (nSPS) is 18.1. The van der Waals surface area contributed by atoms with Crippen molar-refractivity contribution in [1.82, 2.24) is 0 Å². The van der Waals surface area contributed by atoms with Crippen molar-refractivity contribution in [2.45, 2.75) is 58.9 Å². The molecule has 0 radical (unpaired) electrons. The molecule has 2 aromatic rings. The molecule has 0 atom stereocenters. The first-order chi connectivity index (χ1) is 11.5. The molecule has 0 amide bonds. The number of hydrogen-bond acceptors (Lipinski definition) is 4. The highest BCUT2D eigenvalue weighted by molar-refractivity contribution is 7.26. The third-order valence-corrected chi connectivity index (χ3v) is 14.5. The summed E-state index contributed by atoms with van der Waals surface area (Å²) in [5.41, 5.74) is 5.23. The SMILES string of the molecule is Cc1c(C2(c3csc([Si](C)(C)C)c3C)OCCO2)csc1[Si](C)(C)C. The Hall–Kier alpha value is -0.246. The Bertz CT molecular complexity index is 712. The molecule has 1 fully saturated rings. The Balaban J connectivity index is 2.17. The second kappa shape index (κ2) is 6.42. The van der Waals surface area contributed by atoms with Crippen molar-refractivity contribution in [1.29, 1.82) is 0 Å². The lowest BCUT2D eigenvalue weighted by Crippen LogP contribution is -2.39. The van der Waals surface area contributed by atoms with Crippen LogP contribution in [0.1, 0.15) is 22.3 Å². The van der Waals surface area contributed by atoms with Gasteiger partial charge in [0.1, 0.15) is 0 Å². The van der Waals surface area contributed by atoms with Crippen molar-refractivity contribution in [3.05, 3.63) is 33.0 Å². The first-order valence-corrected chi connectivity index (χ1v) is 17.7. The highest BCUT2D eigenvalue weighted by Gasteiger charge is 2.46. The van der Waals surface area contributed by atoms with Crippen LogP contribution in [0.25, 0.3) is 0 Å². The molecule has 2 aromatic heterocycles. The highest BCUT2D eigenvalue weighted by Crippen LogP contribution is 2.43. The van der Waals surface area contributed by atoms with E-state index in [4.69, 9.17) is 9.47 Å². The molecule has 0 saturated carbocycles. The Labute approximate surface area is 162 Å². The lowest BCUT2D eigenvalue weighted by molar-refractivity contribution is -0.130. The van der Waals surface area contributed by atoms with Gasteiger partial charge >= 0.3 is 0 Å². The molecule has 1 saturated heterocycles. The van der Waals surface area contributed by atoms with E-state index in [0.29, 0.717) is 13.2 Å². The quantitative estimate of drug-likeness (QED) is 0.676. The van der Waals surface area contributed by atoms with Gasteiger partial charge in [-0.2, -0.15) is 22.7 Å². The molecular weight excluding hydrogens is 381 g/mol. The first-order valence-electron chi connectivity index (χ1n) is 8.94. The Kier molecular flexibility index (Phi) is 5.01. The minimum atomic E-state index is -1.36. The minimum Gasteiger partial charge on any atom is -0.340 e. The molecule has 1 aliphatic heterocycles. The Morgan fingerprint density at radius 1 is 0.760 bits per heavy atom. The highest BCUT2D eigenvalue weighted by atomic mass is 32.1. The summed E-state index contributed by atoms with van der Waals surface area (Å²) in [6, 6.07) is 0. The molecule has 3 rings (SSSR count). The van der Waals surface area contributed by atoms with E-state index in [2.05, 4.69) is 63.9 Å². The maximum absolute atomic E-state index is 6.35. The molecule has 0 aromatic carbocycles. The van der Waals surface area contributed by atoms with E-state index in [1.807, 2.05) is 22.7 Å². The van der Waals surface area contributed by atoms with Crippen LogP contribution in [-0.2, 0) is 15.3 Å². The van der Waals surface area contributed by atoms with Crippen molar-refractivity contribution in [3.63, 3.8) is 0 Å². The van der Waals surface area contributed by atoms with Gasteiger partial charge in [-0.25, -0.2) is 0 Å². The standard InChI is InChI=1S/C19H30O2S2Si2/c1-13-15(11-22-17(13)24(3,4)5)19(20-9-10-21-19)16-12-23-18(14(16)2)25(6,7)8/h11-12H,9-10H2,1-8H3. The minimum absolute atomic E-state index is 0.662. The van der Waals surface area contributed by atoms with Gasteiger partial charge in [0, 0.05) is 11.1 Å². The third kappa shape index (κ3) is 3.26. The monoisotopic (exact) mass is 410 g/mol. The summed E-state index contributed by atoms with van der Waals surface area (Å²) in [4.78, 5) is 0. The van der Waals surface area contributed by atoms with Gasteiger partial charge in [-0.3, -0.25) is 0 Å². The topological polar surface area (TPSA) is 18.5 Å². The van der Waals surface area contributed by atoms with Crippen LogP contribution in [0, 0.1) is 13.8 Å². The van der Waals surface area contributed by atoms with Crippen LogP contribution in [0.2, 0.25) is 39.3 Å². The predicted octanol–water partition coefficient (Wildman–Crippen LogP) is 4.76. The molecule has 6 heteroatoms. The summed E-state index contributed by atoms with van der Waals surface area (Å²) in [7, 11) is -2.73. The summed E-state index contributed by atoms with van der Waals surface area (Å²) in [5.74, 6) is -0.697. The van der Waals surface area contributed by atoms with Crippen molar-refractivity contribution in [2.24, 2.45) is 0 Å². The van der Waals surface area contributed by atoms with Crippen LogP contribution in [-0.4, -0.2) is 29.4 Å². The average molecular weight is 411 g/mol. The first kappa shape index (κ1) is 19.5. The Morgan fingerprint density at radius 2 is 1.12 bits per heavy atom. The van der Waals surface area contributed by atoms with Crippen LogP contribution in [0.3, 0.4) is 0 Å². The van der Waals surface area contributed by atoms with Crippen LogP contribution in [0.4, 0.5) is 0 Å². The van der Waals surface area contributed by atoms with Crippen LogP contribution in [0.15, 0.2) is 10.8 Å². The van der Waals surface area contributed by atoms with Crippen molar-refractivity contribution < 1.29 is 9.47 Å². The maximum Gasteiger partial charge on any atom is 0.224 e. The second-order valence-electron chi connectivity index (χ2n) is 9.02. The molecular formula is C19H30O2S2Si2. The molecule has 2 nitrogen and oxygen atoms in total. The van der Waals surface area contributed by atoms with Crippen LogP contribution < -0.4 is 9.00 Å². The number of rotatable bonds is 4. The third-order valence-electron chi connectivity index (χ3n) is 4.84. The molecule has 0 unspecified atom stereocenters. The van der Waals surface area contributed by atoms with Gasteiger partial charge in [0.25, 0.3) is 0 Å². The van der Waals surface area contributed by atoms with Gasteiger partial charge in [0.2, 0.25) is 5.79 Å². The van der Waals surface area contributed by atoms with E-state index in [0.717, 1.165) is 0 Å². The van der Waals surface area contributed by atoms with E-state index in [-0.39, 0.29) is 0 Å².